The van der Waals surface area contributed by atoms with E-state index in [4.69, 9.17) is 0 Å². The fourth-order valence-corrected chi connectivity index (χ4v) is 2.50. The molecule has 0 bridgehead atoms. The van der Waals surface area contributed by atoms with Crippen LogP contribution in [0.1, 0.15) is 46.7 Å². The van der Waals surface area contributed by atoms with Crippen LogP contribution in [0.4, 0.5) is 8.78 Å². The third-order valence-corrected chi connectivity index (χ3v) is 3.90. The fraction of sp³-hybridized carbons (Fsp3) is 0.235. The maximum atomic E-state index is 13.7. The van der Waals surface area contributed by atoms with Gasteiger partial charge in [-0.2, -0.15) is 0 Å². The molecule has 102 valence electrons. The van der Waals surface area contributed by atoms with Crippen molar-refractivity contribution in [2.24, 2.45) is 0 Å². The SMILES string of the molecule is O=C(c1cccc(C2CCC2)c1)c1cc(F)ccc1F. The Labute approximate surface area is 116 Å². The van der Waals surface area contributed by atoms with Gasteiger partial charge in [0.1, 0.15) is 11.6 Å². The molecule has 1 nitrogen and oxygen atoms in total. The first kappa shape index (κ1) is 13.0. The first-order chi connectivity index (χ1) is 9.65. The molecule has 2 aromatic rings. The number of carbonyl (C=O) groups is 1. The van der Waals surface area contributed by atoms with Gasteiger partial charge >= 0.3 is 0 Å². The molecule has 1 fully saturated rings. The normalized spacial score (nSPS) is 14.9. The molecule has 1 aliphatic rings. The molecular weight excluding hydrogens is 258 g/mol. The summed E-state index contributed by atoms with van der Waals surface area (Å²) in [6.07, 6.45) is 3.47. The van der Waals surface area contributed by atoms with Gasteiger partial charge in [-0.1, -0.05) is 24.6 Å². The molecule has 3 rings (SSSR count). The van der Waals surface area contributed by atoms with Crippen molar-refractivity contribution in [3.63, 3.8) is 0 Å². The lowest BCUT2D eigenvalue weighted by molar-refractivity contribution is 0.103. The molecule has 0 amide bonds. The van der Waals surface area contributed by atoms with Gasteiger partial charge in [-0.25, -0.2) is 8.78 Å². The molecule has 0 spiro atoms. The van der Waals surface area contributed by atoms with Gasteiger partial charge in [0, 0.05) is 5.56 Å². The highest BCUT2D eigenvalue weighted by Crippen LogP contribution is 2.36. The van der Waals surface area contributed by atoms with Crippen LogP contribution in [0.15, 0.2) is 42.5 Å². The summed E-state index contributed by atoms with van der Waals surface area (Å²) in [4.78, 5) is 12.3. The number of benzene rings is 2. The summed E-state index contributed by atoms with van der Waals surface area (Å²) < 4.78 is 26.8. The van der Waals surface area contributed by atoms with E-state index in [-0.39, 0.29) is 5.56 Å². The first-order valence-corrected chi connectivity index (χ1v) is 6.75. The van der Waals surface area contributed by atoms with Crippen molar-refractivity contribution in [3.8, 4) is 0 Å². The van der Waals surface area contributed by atoms with E-state index in [2.05, 4.69) is 0 Å². The van der Waals surface area contributed by atoms with Gasteiger partial charge in [-0.05, 0) is 48.6 Å². The lowest BCUT2D eigenvalue weighted by Crippen LogP contribution is -2.10. The molecule has 20 heavy (non-hydrogen) atoms. The number of hydrogen-bond donors (Lipinski definition) is 0. The Kier molecular flexibility index (Phi) is 3.35. The van der Waals surface area contributed by atoms with Gasteiger partial charge in [-0.15, -0.1) is 0 Å². The summed E-state index contributed by atoms with van der Waals surface area (Å²) in [7, 11) is 0. The second-order valence-electron chi connectivity index (χ2n) is 5.21. The fourth-order valence-electron chi connectivity index (χ4n) is 2.50. The second-order valence-corrected chi connectivity index (χ2v) is 5.21. The maximum Gasteiger partial charge on any atom is 0.196 e. The summed E-state index contributed by atoms with van der Waals surface area (Å²) in [6, 6.07) is 10.2. The minimum absolute atomic E-state index is 0.212. The summed E-state index contributed by atoms with van der Waals surface area (Å²) in [5.74, 6) is -1.27. The maximum absolute atomic E-state index is 13.7. The Hall–Kier alpha value is -2.03. The van der Waals surface area contributed by atoms with Crippen LogP contribution in [0.5, 0.6) is 0 Å². The predicted molar refractivity (Wildman–Crippen MR) is 72.8 cm³/mol. The monoisotopic (exact) mass is 272 g/mol. The number of hydrogen-bond acceptors (Lipinski definition) is 1. The predicted octanol–water partition coefficient (Wildman–Crippen LogP) is 4.46. The zero-order valence-corrected chi connectivity index (χ0v) is 10.9. The van der Waals surface area contributed by atoms with E-state index in [0.29, 0.717) is 11.5 Å². The number of carbonyl (C=O) groups excluding carboxylic acids is 1. The molecule has 0 aliphatic heterocycles. The van der Waals surface area contributed by atoms with E-state index in [1.165, 1.54) is 6.42 Å². The third kappa shape index (κ3) is 2.36. The average molecular weight is 272 g/mol. The Morgan fingerprint density at radius 3 is 2.55 bits per heavy atom. The van der Waals surface area contributed by atoms with Gasteiger partial charge in [0.25, 0.3) is 0 Å². The zero-order valence-electron chi connectivity index (χ0n) is 10.9. The summed E-state index contributed by atoms with van der Waals surface area (Å²) in [5, 5.41) is 0. The largest absolute Gasteiger partial charge is 0.288 e. The van der Waals surface area contributed by atoms with Crippen molar-refractivity contribution in [1.82, 2.24) is 0 Å². The van der Waals surface area contributed by atoms with Crippen LogP contribution in [0.2, 0.25) is 0 Å². The van der Waals surface area contributed by atoms with E-state index in [1.807, 2.05) is 6.07 Å². The molecule has 0 saturated heterocycles. The van der Waals surface area contributed by atoms with Gasteiger partial charge in [-0.3, -0.25) is 4.79 Å². The van der Waals surface area contributed by atoms with Crippen molar-refractivity contribution < 1.29 is 13.6 Å². The highest BCUT2D eigenvalue weighted by Gasteiger charge is 2.21. The molecule has 3 heteroatoms. The molecule has 1 saturated carbocycles. The van der Waals surface area contributed by atoms with Gasteiger partial charge in [0.05, 0.1) is 5.56 Å². The molecule has 0 aromatic heterocycles. The highest BCUT2D eigenvalue weighted by molar-refractivity contribution is 6.09. The molecule has 0 atom stereocenters. The minimum atomic E-state index is -0.689. The average Bonchev–Trinajstić information content (AvgIpc) is 2.39. The van der Waals surface area contributed by atoms with E-state index in [0.717, 1.165) is 36.6 Å². The molecule has 1 aliphatic carbocycles. The Morgan fingerprint density at radius 2 is 1.85 bits per heavy atom. The van der Waals surface area contributed by atoms with Crippen molar-refractivity contribution in [3.05, 3.63) is 70.8 Å². The van der Waals surface area contributed by atoms with Crippen LogP contribution in [-0.2, 0) is 0 Å². The van der Waals surface area contributed by atoms with Gasteiger partial charge in [0.2, 0.25) is 0 Å². The smallest absolute Gasteiger partial charge is 0.196 e. The molecule has 0 heterocycles. The van der Waals surface area contributed by atoms with E-state index in [1.54, 1.807) is 18.2 Å². The minimum Gasteiger partial charge on any atom is -0.288 e. The van der Waals surface area contributed by atoms with Crippen LogP contribution in [-0.4, -0.2) is 5.78 Å². The van der Waals surface area contributed by atoms with Crippen molar-refractivity contribution in [2.45, 2.75) is 25.2 Å². The van der Waals surface area contributed by atoms with Gasteiger partial charge in [0.15, 0.2) is 5.78 Å². The molecular formula is C17H14F2O. The van der Waals surface area contributed by atoms with Crippen LogP contribution >= 0.6 is 0 Å². The Bertz CT molecular complexity index is 660. The first-order valence-electron chi connectivity index (χ1n) is 6.75. The Morgan fingerprint density at radius 1 is 1.05 bits per heavy atom. The van der Waals surface area contributed by atoms with Crippen molar-refractivity contribution in [2.75, 3.05) is 0 Å². The van der Waals surface area contributed by atoms with E-state index < -0.39 is 17.4 Å². The Balaban J connectivity index is 1.95. The second kappa shape index (κ2) is 5.16. The van der Waals surface area contributed by atoms with Crippen LogP contribution in [0, 0.1) is 11.6 Å². The van der Waals surface area contributed by atoms with Crippen molar-refractivity contribution >= 4 is 5.78 Å². The van der Waals surface area contributed by atoms with Crippen LogP contribution < -0.4 is 0 Å². The lowest BCUT2D eigenvalue weighted by atomic mass is 9.79. The molecule has 2 aromatic carbocycles. The summed E-state index contributed by atoms with van der Waals surface area (Å²) in [5.41, 5.74) is 1.31. The molecule has 0 radical (unpaired) electrons. The molecule has 0 unspecified atom stereocenters. The number of halogens is 2. The van der Waals surface area contributed by atoms with Gasteiger partial charge < -0.3 is 0 Å². The van der Waals surface area contributed by atoms with E-state index >= 15 is 0 Å². The topological polar surface area (TPSA) is 17.1 Å². The zero-order chi connectivity index (χ0) is 14.1. The third-order valence-electron chi connectivity index (χ3n) is 3.90. The quantitative estimate of drug-likeness (QED) is 0.754. The number of rotatable bonds is 3. The van der Waals surface area contributed by atoms with Crippen LogP contribution in [0.25, 0.3) is 0 Å². The van der Waals surface area contributed by atoms with Crippen molar-refractivity contribution in [1.29, 1.82) is 0 Å². The molecule has 0 N–H and O–H groups in total. The summed E-state index contributed by atoms with van der Waals surface area (Å²) in [6.45, 7) is 0. The number of ketones is 1. The summed E-state index contributed by atoms with van der Waals surface area (Å²) >= 11 is 0. The van der Waals surface area contributed by atoms with Crippen LogP contribution in [0.3, 0.4) is 0 Å². The lowest BCUT2D eigenvalue weighted by Gasteiger charge is -2.26. The van der Waals surface area contributed by atoms with E-state index in [9.17, 15) is 13.6 Å². The standard InChI is InChI=1S/C17H14F2O/c18-14-7-8-16(19)15(10-14)17(20)13-6-2-5-12(9-13)11-3-1-4-11/h2,5-11H,1,3-4H2. The highest BCUT2D eigenvalue weighted by atomic mass is 19.1.